The minimum atomic E-state index is -3.44. The van der Waals surface area contributed by atoms with E-state index in [9.17, 15) is 18.0 Å². The molecule has 0 fully saturated rings. The van der Waals surface area contributed by atoms with Crippen LogP contribution in [0.2, 0.25) is 0 Å². The first kappa shape index (κ1) is 18.9. The molecule has 1 atom stereocenters. The van der Waals surface area contributed by atoms with E-state index in [1.807, 2.05) is 0 Å². The van der Waals surface area contributed by atoms with Crippen LogP contribution in [0.1, 0.15) is 34.1 Å². The van der Waals surface area contributed by atoms with Crippen molar-refractivity contribution in [2.45, 2.75) is 39.7 Å². The van der Waals surface area contributed by atoms with Crippen molar-refractivity contribution < 1.29 is 23.1 Å². The molecule has 0 heterocycles. The third-order valence-corrected chi connectivity index (χ3v) is 5.23. The van der Waals surface area contributed by atoms with Crippen molar-refractivity contribution in [3.05, 3.63) is 0 Å². The Morgan fingerprint density at radius 3 is 2.20 bits per heavy atom. The first-order valence-electron chi connectivity index (χ1n) is 6.41. The Bertz CT molecular complexity index is 460. The molecule has 0 aliphatic rings. The molecule has 7 nitrogen and oxygen atoms in total. The van der Waals surface area contributed by atoms with Gasteiger partial charge in [0.25, 0.3) is 0 Å². The van der Waals surface area contributed by atoms with E-state index in [1.54, 1.807) is 20.8 Å². The molecule has 0 aromatic rings. The van der Waals surface area contributed by atoms with E-state index in [0.717, 1.165) is 4.31 Å². The maximum Gasteiger partial charge on any atom is 0.305 e. The maximum absolute atomic E-state index is 11.9. The van der Waals surface area contributed by atoms with Crippen LogP contribution in [0.25, 0.3) is 0 Å². The molecule has 1 unspecified atom stereocenters. The molecule has 0 saturated carbocycles. The number of hydrogen-bond acceptors (Lipinski definition) is 4. The second-order valence-electron chi connectivity index (χ2n) is 5.35. The number of likely N-dealkylation sites (N-methyl/N-ethyl adjacent to an activating group) is 1. The van der Waals surface area contributed by atoms with Gasteiger partial charge < -0.3 is 10.4 Å². The van der Waals surface area contributed by atoms with Gasteiger partial charge in [-0.2, -0.15) is 4.31 Å². The van der Waals surface area contributed by atoms with Gasteiger partial charge in [-0.05, 0) is 19.8 Å². The molecule has 0 aliphatic heterocycles. The van der Waals surface area contributed by atoms with Crippen LogP contribution >= 0.6 is 0 Å². The molecule has 20 heavy (non-hydrogen) atoms. The lowest BCUT2D eigenvalue weighted by atomic mass is 9.85. The Morgan fingerprint density at radius 2 is 1.85 bits per heavy atom. The predicted octanol–water partition coefficient (Wildman–Crippen LogP) is 0.274. The van der Waals surface area contributed by atoms with Gasteiger partial charge in [0.1, 0.15) is 0 Å². The lowest BCUT2D eigenvalue weighted by Gasteiger charge is -2.34. The Hall–Kier alpha value is -1.15. The summed E-state index contributed by atoms with van der Waals surface area (Å²) in [6.07, 6.45) is -0.222. The highest BCUT2D eigenvalue weighted by atomic mass is 32.2. The van der Waals surface area contributed by atoms with Gasteiger partial charge in [-0.1, -0.05) is 13.8 Å². The van der Waals surface area contributed by atoms with Crippen LogP contribution in [0.15, 0.2) is 0 Å². The van der Waals surface area contributed by atoms with E-state index >= 15 is 0 Å². The number of carbonyl (C=O) groups is 2. The van der Waals surface area contributed by atoms with Gasteiger partial charge in [-0.25, -0.2) is 8.42 Å². The molecule has 0 radical (unpaired) electrons. The Kier molecular flexibility index (Phi) is 6.63. The van der Waals surface area contributed by atoms with Gasteiger partial charge in [0, 0.05) is 12.6 Å². The second-order valence-corrected chi connectivity index (χ2v) is 7.71. The highest BCUT2D eigenvalue weighted by Gasteiger charge is 2.33. The fourth-order valence-electron chi connectivity index (χ4n) is 1.59. The predicted molar refractivity (Wildman–Crippen MR) is 75.7 cm³/mol. The summed E-state index contributed by atoms with van der Waals surface area (Å²) in [5, 5.41) is 11.5. The molecular weight excluding hydrogens is 284 g/mol. The highest BCUT2D eigenvalue weighted by molar-refractivity contribution is 7.89. The first-order valence-corrected chi connectivity index (χ1v) is 8.02. The molecule has 0 aromatic heterocycles. The zero-order valence-corrected chi connectivity index (χ0v) is 13.5. The number of hydrogen-bond donors (Lipinski definition) is 2. The van der Waals surface area contributed by atoms with Gasteiger partial charge in [0.2, 0.25) is 15.9 Å². The van der Waals surface area contributed by atoms with Crippen molar-refractivity contribution in [2.75, 3.05) is 19.3 Å². The van der Waals surface area contributed by atoms with Crippen molar-refractivity contribution in [1.82, 2.24) is 9.62 Å². The number of nitrogens with zero attached hydrogens (tertiary/aromatic N) is 1. The number of nitrogens with one attached hydrogen (secondary N) is 1. The molecule has 2 N–H and O–H groups in total. The molecule has 0 aromatic carbocycles. The summed E-state index contributed by atoms with van der Waals surface area (Å²) in [5.74, 6) is -1.72. The summed E-state index contributed by atoms with van der Waals surface area (Å²) in [6, 6.07) is 0. The van der Waals surface area contributed by atoms with Crippen molar-refractivity contribution in [1.29, 1.82) is 0 Å². The van der Waals surface area contributed by atoms with Gasteiger partial charge >= 0.3 is 5.97 Å². The van der Waals surface area contributed by atoms with Crippen LogP contribution in [-0.2, 0) is 19.6 Å². The molecule has 8 heteroatoms. The molecule has 0 rings (SSSR count). The number of carboxylic acids is 1. The van der Waals surface area contributed by atoms with Crippen molar-refractivity contribution in [2.24, 2.45) is 5.92 Å². The minimum Gasteiger partial charge on any atom is -0.481 e. The van der Waals surface area contributed by atoms with Gasteiger partial charge in [0.05, 0.1) is 18.7 Å². The first-order chi connectivity index (χ1) is 8.94. The molecular formula is C12H24N2O5S. The summed E-state index contributed by atoms with van der Waals surface area (Å²) in [4.78, 5) is 22.8. The summed E-state index contributed by atoms with van der Waals surface area (Å²) in [7, 11) is -2.11. The van der Waals surface area contributed by atoms with Crippen LogP contribution in [0.3, 0.4) is 0 Å². The number of rotatable bonds is 8. The summed E-state index contributed by atoms with van der Waals surface area (Å²) in [6.45, 7) is 6.41. The van der Waals surface area contributed by atoms with E-state index in [2.05, 4.69) is 5.32 Å². The van der Waals surface area contributed by atoms with Gasteiger partial charge in [-0.15, -0.1) is 0 Å². The monoisotopic (exact) mass is 308 g/mol. The zero-order chi connectivity index (χ0) is 16.1. The van der Waals surface area contributed by atoms with Crippen molar-refractivity contribution in [3.8, 4) is 0 Å². The quantitative estimate of drug-likeness (QED) is 0.670. The average Bonchev–Trinajstić information content (AvgIpc) is 2.26. The standard InChI is InChI=1S/C12H24N2O5S/c1-6-20(18,19)14(5)8-10(15)13-12(4,9(2)3)7-11(16)17/h9H,6-8H2,1-5H3,(H,13,15)(H,16,17). The van der Waals surface area contributed by atoms with Crippen LogP contribution < -0.4 is 5.32 Å². The normalized spacial score (nSPS) is 15.2. The number of amides is 1. The molecule has 0 spiro atoms. The van der Waals surface area contributed by atoms with Crippen LogP contribution in [-0.4, -0.2) is 54.6 Å². The summed E-state index contributed by atoms with van der Waals surface area (Å²) in [5.41, 5.74) is -0.917. The van der Waals surface area contributed by atoms with Crippen molar-refractivity contribution >= 4 is 21.9 Å². The van der Waals surface area contributed by atoms with E-state index in [-0.39, 0.29) is 24.6 Å². The van der Waals surface area contributed by atoms with E-state index in [1.165, 1.54) is 14.0 Å². The number of carbonyl (C=O) groups excluding carboxylic acids is 1. The van der Waals surface area contributed by atoms with Crippen LogP contribution in [0.4, 0.5) is 0 Å². The largest absolute Gasteiger partial charge is 0.481 e. The number of aliphatic carboxylic acids is 1. The lowest BCUT2D eigenvalue weighted by molar-refractivity contribution is -0.139. The summed E-state index contributed by atoms with van der Waals surface area (Å²) >= 11 is 0. The fraction of sp³-hybridized carbons (Fsp3) is 0.833. The Balaban J connectivity index is 4.84. The summed E-state index contributed by atoms with van der Waals surface area (Å²) < 4.78 is 24.1. The van der Waals surface area contributed by atoms with Crippen LogP contribution in [0.5, 0.6) is 0 Å². The van der Waals surface area contributed by atoms with Gasteiger partial charge in [0.15, 0.2) is 0 Å². The zero-order valence-electron chi connectivity index (χ0n) is 12.6. The minimum absolute atomic E-state index is 0.0899. The van der Waals surface area contributed by atoms with Crippen LogP contribution in [0, 0.1) is 5.92 Å². The van der Waals surface area contributed by atoms with E-state index in [4.69, 9.17) is 5.11 Å². The third-order valence-electron chi connectivity index (χ3n) is 3.42. The van der Waals surface area contributed by atoms with Gasteiger partial charge in [-0.3, -0.25) is 9.59 Å². The fourth-order valence-corrected chi connectivity index (χ4v) is 2.34. The lowest BCUT2D eigenvalue weighted by Crippen LogP contribution is -2.54. The topological polar surface area (TPSA) is 104 Å². The SMILES string of the molecule is CCS(=O)(=O)N(C)CC(=O)NC(C)(CC(=O)O)C(C)C. The van der Waals surface area contributed by atoms with E-state index in [0.29, 0.717) is 0 Å². The molecule has 1 amide bonds. The molecule has 0 saturated heterocycles. The maximum atomic E-state index is 11.9. The Labute approximate surface area is 120 Å². The third kappa shape index (κ3) is 5.46. The Morgan fingerprint density at radius 1 is 1.35 bits per heavy atom. The smallest absolute Gasteiger partial charge is 0.305 e. The molecule has 0 bridgehead atoms. The highest BCUT2D eigenvalue weighted by Crippen LogP contribution is 2.20. The van der Waals surface area contributed by atoms with E-state index < -0.39 is 27.4 Å². The number of sulfonamides is 1. The average molecular weight is 308 g/mol. The molecule has 118 valence electrons. The van der Waals surface area contributed by atoms with Crippen molar-refractivity contribution in [3.63, 3.8) is 0 Å². The second kappa shape index (κ2) is 7.03. The molecule has 0 aliphatic carbocycles. The number of carboxylic acid groups (broad SMARTS) is 1.